The van der Waals surface area contributed by atoms with Crippen molar-refractivity contribution in [3.05, 3.63) is 26.4 Å². The summed E-state index contributed by atoms with van der Waals surface area (Å²) in [7, 11) is 0. The molecule has 0 spiro atoms. The Morgan fingerprint density at radius 1 is 1.00 bits per heavy atom. The van der Waals surface area contributed by atoms with Crippen LogP contribution in [-0.4, -0.2) is 0 Å². The Bertz CT molecular complexity index is 60.5. The molecule has 0 aliphatic carbocycles. The minimum absolute atomic E-state index is 0. The number of hydrogen-bond acceptors (Lipinski definition) is 1. The van der Waals surface area contributed by atoms with E-state index in [-0.39, 0.29) is 9.41 Å². The minimum atomic E-state index is 0. The van der Waals surface area contributed by atoms with E-state index < -0.39 is 0 Å². The van der Waals surface area contributed by atoms with Gasteiger partial charge in [-0.15, -0.1) is 5.53 Å². The lowest BCUT2D eigenvalue weighted by atomic mass is 13.0. The van der Waals surface area contributed by atoms with E-state index in [0.717, 1.165) is 0 Å². The zero-order chi connectivity index (χ0) is 5.41. The van der Waals surface area contributed by atoms with Crippen molar-refractivity contribution in [3.63, 3.8) is 0 Å². The maximum Gasteiger partial charge on any atom is -0.00208 e. The van der Waals surface area contributed by atoms with Crippen LogP contribution in [0.3, 0.4) is 0 Å². The van der Waals surface area contributed by atoms with Crippen molar-refractivity contribution in [1.29, 1.82) is 5.53 Å². The standard InChI is InChI=1S/2FH.HN3.N3/c;;2*1-3-2/h2*1H;1H;/q;;;-1. The van der Waals surface area contributed by atoms with Gasteiger partial charge in [-0.1, -0.05) is 0 Å². The second-order valence-electron chi connectivity index (χ2n) is 0.189. The normalized spacial score (nSPS) is 2.00. The summed E-state index contributed by atoms with van der Waals surface area (Å²) in [5.74, 6) is 0. The Morgan fingerprint density at radius 3 is 1.00 bits per heavy atom. The van der Waals surface area contributed by atoms with Gasteiger partial charge in [-0.25, -0.2) is 0 Å². The number of hydrogen-bond donors (Lipinski definition) is 1. The van der Waals surface area contributed by atoms with Crippen LogP contribution >= 0.6 is 0 Å². The summed E-state index contributed by atoms with van der Waals surface area (Å²) in [6.45, 7) is 0. The van der Waals surface area contributed by atoms with Gasteiger partial charge in [0.1, 0.15) is 0 Å². The van der Waals surface area contributed by atoms with Gasteiger partial charge in [-0.2, -0.15) is 0 Å². The third kappa shape index (κ3) is 23.5. The summed E-state index contributed by atoms with van der Waals surface area (Å²) in [5.41, 5.74) is 25.8. The van der Waals surface area contributed by atoms with Gasteiger partial charge in [0.05, 0.1) is 0 Å². The summed E-state index contributed by atoms with van der Waals surface area (Å²) in [4.78, 5) is 3.25. The van der Waals surface area contributed by atoms with Crippen molar-refractivity contribution in [3.8, 4) is 0 Å². The molecular weight excluding hydrogens is 122 g/mol. The van der Waals surface area contributed by atoms with Crippen LogP contribution in [-0.2, 0) is 0 Å². The van der Waals surface area contributed by atoms with E-state index >= 15 is 0 Å². The molecule has 0 amide bonds. The Balaban J connectivity index is -0.0000000160. The van der Waals surface area contributed by atoms with Gasteiger partial charge in [0, 0.05) is 0 Å². The molecule has 0 fully saturated rings. The lowest BCUT2D eigenvalue weighted by Gasteiger charge is -1.31. The van der Waals surface area contributed by atoms with Gasteiger partial charge in [-0.05, 0) is 10.4 Å². The molecule has 0 bridgehead atoms. The molecule has 0 atom stereocenters. The summed E-state index contributed by atoms with van der Waals surface area (Å²) in [6.07, 6.45) is 0. The molecule has 48 valence electrons. The third-order valence-electron chi connectivity index (χ3n) is 0. The van der Waals surface area contributed by atoms with Crippen LogP contribution in [0.1, 0.15) is 0 Å². The van der Waals surface area contributed by atoms with Crippen molar-refractivity contribution in [1.82, 2.24) is 0 Å². The first kappa shape index (κ1) is 31.6. The monoisotopic (exact) mass is 125 g/mol. The van der Waals surface area contributed by atoms with Crippen molar-refractivity contribution >= 4 is 0 Å². The Kier molecular flexibility index (Phi) is 1890. The molecule has 0 unspecified atom stereocenters. The number of nitrogens with zero attached hydrogens (tertiary/aromatic N) is 5. The quantitative estimate of drug-likeness (QED) is 0.289. The molecule has 8 heavy (non-hydrogen) atoms. The zero-order valence-corrected chi connectivity index (χ0v) is 3.55. The predicted octanol–water partition coefficient (Wildman–Crippen LogP) is 2.05. The fourth-order valence-electron chi connectivity index (χ4n) is 0. The molecular formula is H3F2N6-. The van der Waals surface area contributed by atoms with Crippen molar-refractivity contribution in [2.75, 3.05) is 0 Å². The Morgan fingerprint density at radius 2 is 1.00 bits per heavy atom. The first-order chi connectivity index (χ1) is 2.83. The SMILES string of the molecule is F.F.[N-]=[N+]=N.[N-]=[N+]=[N-]. The Hall–Kier alpha value is -1.52. The summed E-state index contributed by atoms with van der Waals surface area (Å²) in [6, 6.07) is 0. The van der Waals surface area contributed by atoms with Crippen LogP contribution in [0.5, 0.6) is 0 Å². The van der Waals surface area contributed by atoms with Gasteiger partial charge in [0.2, 0.25) is 0 Å². The largest absolute Gasteiger partial charge is 0.373 e. The van der Waals surface area contributed by atoms with Crippen LogP contribution in [0.4, 0.5) is 9.41 Å². The topological polar surface area (TPSA) is 119 Å². The van der Waals surface area contributed by atoms with Crippen LogP contribution in [0.15, 0.2) is 0 Å². The highest BCUT2D eigenvalue weighted by atomic mass is 19.0. The molecule has 8 heteroatoms. The predicted molar refractivity (Wildman–Crippen MR) is 24.5 cm³/mol. The van der Waals surface area contributed by atoms with Gasteiger partial charge >= 0.3 is 0 Å². The first-order valence-corrected chi connectivity index (χ1v) is 0.824. The van der Waals surface area contributed by atoms with E-state index in [2.05, 4.69) is 0 Å². The smallest absolute Gasteiger partial charge is 0.00208 e. The number of rotatable bonds is 0. The number of nitrogens with one attached hydrogen (secondary N) is 1. The molecule has 0 saturated heterocycles. The second kappa shape index (κ2) is 477. The fraction of sp³-hybridized carbons (Fsp3) is 0. The van der Waals surface area contributed by atoms with Crippen LogP contribution in [0.2, 0.25) is 0 Å². The van der Waals surface area contributed by atoms with Gasteiger partial charge < -0.3 is 11.1 Å². The first-order valence-electron chi connectivity index (χ1n) is 0.824. The molecule has 0 rings (SSSR count). The zero-order valence-electron chi connectivity index (χ0n) is 3.55. The minimum Gasteiger partial charge on any atom is -0.373 e. The lowest BCUT2D eigenvalue weighted by molar-refractivity contribution is 1.11. The van der Waals surface area contributed by atoms with Gasteiger partial charge in [0.25, 0.3) is 0 Å². The maximum absolute atomic E-state index is 6.86. The van der Waals surface area contributed by atoms with Gasteiger partial charge in [0.15, 0.2) is 0 Å². The highest BCUT2D eigenvalue weighted by Gasteiger charge is 0.973. The molecule has 0 heterocycles. The molecule has 0 aliphatic rings. The van der Waals surface area contributed by atoms with Crippen LogP contribution < -0.4 is 0 Å². The molecule has 0 saturated carbocycles. The van der Waals surface area contributed by atoms with E-state index in [0.29, 0.717) is 0 Å². The second-order valence-corrected chi connectivity index (χ2v) is 0.189. The van der Waals surface area contributed by atoms with Crippen molar-refractivity contribution in [2.24, 2.45) is 0 Å². The van der Waals surface area contributed by atoms with Crippen LogP contribution in [0, 0.1) is 5.53 Å². The van der Waals surface area contributed by atoms with E-state index in [9.17, 15) is 0 Å². The van der Waals surface area contributed by atoms with Crippen molar-refractivity contribution < 1.29 is 9.41 Å². The van der Waals surface area contributed by atoms with E-state index in [1.807, 2.05) is 0 Å². The van der Waals surface area contributed by atoms with E-state index in [1.165, 1.54) is 4.91 Å². The molecule has 0 aromatic rings. The third-order valence-corrected chi connectivity index (χ3v) is 0. The summed E-state index contributed by atoms with van der Waals surface area (Å²) >= 11 is 0. The van der Waals surface area contributed by atoms with Gasteiger partial charge in [-0.3, -0.25) is 14.3 Å². The summed E-state index contributed by atoms with van der Waals surface area (Å²) < 4.78 is 0. The molecule has 1 N–H and O–H groups in total. The molecule has 0 aliphatic heterocycles. The van der Waals surface area contributed by atoms with E-state index in [1.54, 1.807) is 4.91 Å². The summed E-state index contributed by atoms with van der Waals surface area (Å²) in [5, 5.41) is 0. The molecule has 6 nitrogen and oxygen atoms in total. The molecule has 0 aromatic heterocycles. The molecule has 0 aromatic carbocycles. The average Bonchev–Trinajstić information content (AvgIpc) is 1.39. The average molecular weight is 125 g/mol. The highest BCUT2D eigenvalue weighted by molar-refractivity contribution is 4.36. The van der Waals surface area contributed by atoms with Crippen molar-refractivity contribution in [2.45, 2.75) is 0 Å². The highest BCUT2D eigenvalue weighted by Crippen LogP contribution is 1.29. The lowest BCUT2D eigenvalue weighted by Crippen LogP contribution is -0.769. The molecule has 0 radical (unpaired) electrons. The number of halogens is 2. The van der Waals surface area contributed by atoms with Crippen LogP contribution in [0.25, 0.3) is 26.4 Å². The fourth-order valence-corrected chi connectivity index (χ4v) is 0. The Labute approximate surface area is 42.7 Å². The van der Waals surface area contributed by atoms with E-state index in [4.69, 9.17) is 22.1 Å². The maximum atomic E-state index is 6.86.